The maximum Gasteiger partial charge on any atom is 0.256 e. The average molecular weight is 396 g/mol. The monoisotopic (exact) mass is 395 g/mol. The molecule has 0 spiro atoms. The molecule has 2 amide bonds. The molecule has 0 fully saturated rings. The Morgan fingerprint density at radius 3 is 2.38 bits per heavy atom. The van der Waals surface area contributed by atoms with Crippen LogP contribution in [0.3, 0.4) is 0 Å². The summed E-state index contributed by atoms with van der Waals surface area (Å²) in [5.41, 5.74) is 2.26. The number of likely N-dealkylation sites (N-methyl/N-ethyl adjacent to an activating group) is 1. The molecule has 1 heterocycles. The van der Waals surface area contributed by atoms with Crippen molar-refractivity contribution < 1.29 is 9.59 Å². The topological polar surface area (TPSA) is 70.2 Å². The van der Waals surface area contributed by atoms with Gasteiger partial charge in [0.05, 0.1) is 5.56 Å². The number of benzene rings is 1. The van der Waals surface area contributed by atoms with Gasteiger partial charge in [-0.1, -0.05) is 26.0 Å². The van der Waals surface area contributed by atoms with Gasteiger partial charge in [0.25, 0.3) is 11.8 Å². The fourth-order valence-corrected chi connectivity index (χ4v) is 3.19. The maximum atomic E-state index is 12.4. The van der Waals surface area contributed by atoms with Crippen molar-refractivity contribution in [3.8, 4) is 0 Å². The van der Waals surface area contributed by atoms with Gasteiger partial charge in [-0.3, -0.25) is 9.59 Å². The van der Waals surface area contributed by atoms with Crippen LogP contribution in [0.1, 0.15) is 47.1 Å². The Labute approximate surface area is 165 Å². The first-order chi connectivity index (χ1) is 12.0. The van der Waals surface area contributed by atoms with Crippen LogP contribution in [0.5, 0.6) is 0 Å². The van der Waals surface area contributed by atoms with E-state index in [2.05, 4.69) is 22.9 Å². The van der Waals surface area contributed by atoms with Gasteiger partial charge in [0.2, 0.25) is 0 Å². The Morgan fingerprint density at radius 2 is 1.77 bits per heavy atom. The zero-order chi connectivity index (χ0) is 18.2. The predicted octanol–water partition coefficient (Wildman–Crippen LogP) is 3.71. The van der Waals surface area contributed by atoms with Crippen LogP contribution in [0.4, 0.5) is 5.00 Å². The van der Waals surface area contributed by atoms with Crippen molar-refractivity contribution in [2.24, 2.45) is 0 Å². The summed E-state index contributed by atoms with van der Waals surface area (Å²) in [7, 11) is 0. The molecule has 0 aliphatic carbocycles. The van der Waals surface area contributed by atoms with E-state index in [1.807, 2.05) is 26.0 Å². The van der Waals surface area contributed by atoms with Crippen LogP contribution in [0.15, 0.2) is 35.7 Å². The maximum absolute atomic E-state index is 12.4. The normalized spacial score (nSPS) is 11.3. The van der Waals surface area contributed by atoms with Crippen LogP contribution < -0.4 is 16.0 Å². The largest absolute Gasteiger partial charge is 0.350 e. The fraction of sp³-hybridized carbons (Fsp3) is 0.368. The Hall–Kier alpha value is -1.89. The van der Waals surface area contributed by atoms with Crippen molar-refractivity contribution in [3.63, 3.8) is 0 Å². The number of aryl methyl sites for hydroxylation is 1. The lowest BCUT2D eigenvalue weighted by molar-refractivity contribution is 0.0951. The lowest BCUT2D eigenvalue weighted by Crippen LogP contribution is -2.38. The molecule has 0 bridgehead atoms. The van der Waals surface area contributed by atoms with E-state index in [9.17, 15) is 9.59 Å². The van der Waals surface area contributed by atoms with Crippen molar-refractivity contribution in [2.75, 3.05) is 18.4 Å². The van der Waals surface area contributed by atoms with E-state index in [1.54, 1.807) is 23.6 Å². The minimum absolute atomic E-state index is 0. The zero-order valence-corrected chi connectivity index (χ0v) is 16.9. The molecule has 0 radical (unpaired) electrons. The van der Waals surface area contributed by atoms with Crippen molar-refractivity contribution in [3.05, 3.63) is 52.4 Å². The summed E-state index contributed by atoms with van der Waals surface area (Å²) in [4.78, 5) is 24.7. The Balaban J connectivity index is 0.00000338. The molecular weight excluding hydrogens is 370 g/mol. The molecule has 26 heavy (non-hydrogen) atoms. The minimum Gasteiger partial charge on any atom is -0.350 e. The number of nitrogens with one attached hydrogen (secondary N) is 3. The molecular formula is C19H26ClN3O2S. The van der Waals surface area contributed by atoms with Crippen LogP contribution in [0, 0.1) is 0 Å². The highest BCUT2D eigenvalue weighted by Gasteiger charge is 2.16. The number of hydrogen-bond donors (Lipinski definition) is 3. The molecule has 1 aromatic carbocycles. The third-order valence-electron chi connectivity index (χ3n) is 3.88. The summed E-state index contributed by atoms with van der Waals surface area (Å²) < 4.78 is 0. The van der Waals surface area contributed by atoms with E-state index in [0.29, 0.717) is 22.7 Å². The van der Waals surface area contributed by atoms with E-state index in [1.165, 1.54) is 16.9 Å². The highest BCUT2D eigenvalue weighted by atomic mass is 35.5. The molecule has 5 nitrogen and oxygen atoms in total. The summed E-state index contributed by atoms with van der Waals surface area (Å²) in [5, 5.41) is 11.3. The second kappa shape index (κ2) is 11.0. The van der Waals surface area contributed by atoms with Crippen LogP contribution in [0.2, 0.25) is 0 Å². The molecule has 2 rings (SSSR count). The average Bonchev–Trinajstić information content (AvgIpc) is 3.08. The summed E-state index contributed by atoms with van der Waals surface area (Å²) in [6.45, 7) is 7.50. The standard InChI is InChI=1S/C19H25N3O2S.ClH/c1-4-14-6-8-15(9-7-14)17(23)22-19-16(10-11-25-19)18(24)21-12-13(3)20-5-2;/h6-11,13,20H,4-5,12H2,1-3H3,(H,21,24)(H,22,23);1H/t13-;/m1./s1. The van der Waals surface area contributed by atoms with Gasteiger partial charge in [-0.05, 0) is 49.0 Å². The van der Waals surface area contributed by atoms with Gasteiger partial charge in [0, 0.05) is 18.2 Å². The molecule has 0 aliphatic heterocycles. The van der Waals surface area contributed by atoms with Gasteiger partial charge < -0.3 is 16.0 Å². The molecule has 2 aromatic rings. The van der Waals surface area contributed by atoms with E-state index in [-0.39, 0.29) is 30.3 Å². The number of amides is 2. The van der Waals surface area contributed by atoms with E-state index in [4.69, 9.17) is 0 Å². The molecule has 0 saturated carbocycles. The zero-order valence-electron chi connectivity index (χ0n) is 15.3. The van der Waals surface area contributed by atoms with Gasteiger partial charge in [-0.15, -0.1) is 23.7 Å². The number of hydrogen-bond acceptors (Lipinski definition) is 4. The summed E-state index contributed by atoms with van der Waals surface area (Å²) in [6.07, 6.45) is 0.933. The highest BCUT2D eigenvalue weighted by Crippen LogP contribution is 2.24. The Kier molecular flexibility index (Phi) is 9.34. The lowest BCUT2D eigenvalue weighted by atomic mass is 10.1. The first kappa shape index (κ1) is 22.2. The second-order valence-corrected chi connectivity index (χ2v) is 6.75. The molecule has 1 aromatic heterocycles. The summed E-state index contributed by atoms with van der Waals surface area (Å²) in [5.74, 6) is -0.386. The Morgan fingerprint density at radius 1 is 1.08 bits per heavy atom. The number of rotatable bonds is 8. The van der Waals surface area contributed by atoms with Crippen molar-refractivity contribution in [2.45, 2.75) is 33.2 Å². The highest BCUT2D eigenvalue weighted by molar-refractivity contribution is 7.14. The number of carbonyl (C=O) groups is 2. The number of halogens is 1. The minimum atomic E-state index is -0.208. The molecule has 0 unspecified atom stereocenters. The first-order valence-corrected chi connectivity index (χ1v) is 9.42. The third-order valence-corrected chi connectivity index (χ3v) is 4.71. The van der Waals surface area contributed by atoms with Gasteiger partial charge in [0.15, 0.2) is 0 Å². The second-order valence-electron chi connectivity index (χ2n) is 5.84. The van der Waals surface area contributed by atoms with Gasteiger partial charge in [0.1, 0.15) is 5.00 Å². The van der Waals surface area contributed by atoms with Crippen molar-refractivity contribution in [1.82, 2.24) is 10.6 Å². The van der Waals surface area contributed by atoms with Crippen molar-refractivity contribution >= 4 is 40.6 Å². The molecule has 0 saturated heterocycles. The van der Waals surface area contributed by atoms with Crippen LogP contribution in [0.25, 0.3) is 0 Å². The molecule has 7 heteroatoms. The fourth-order valence-electron chi connectivity index (χ4n) is 2.41. The lowest BCUT2D eigenvalue weighted by Gasteiger charge is -2.13. The Bertz CT molecular complexity index is 716. The van der Waals surface area contributed by atoms with Crippen LogP contribution in [-0.2, 0) is 6.42 Å². The quantitative estimate of drug-likeness (QED) is 0.638. The van der Waals surface area contributed by atoms with Crippen molar-refractivity contribution in [1.29, 1.82) is 0 Å². The summed E-state index contributed by atoms with van der Waals surface area (Å²) >= 11 is 1.34. The molecule has 142 valence electrons. The van der Waals surface area contributed by atoms with Gasteiger partial charge in [-0.25, -0.2) is 0 Å². The summed E-state index contributed by atoms with van der Waals surface area (Å²) in [6, 6.07) is 9.42. The first-order valence-electron chi connectivity index (χ1n) is 8.54. The van der Waals surface area contributed by atoms with Crippen LogP contribution >= 0.6 is 23.7 Å². The van der Waals surface area contributed by atoms with Gasteiger partial charge in [-0.2, -0.15) is 0 Å². The number of anilines is 1. The van der Waals surface area contributed by atoms with Crippen LogP contribution in [-0.4, -0.2) is 30.9 Å². The van der Waals surface area contributed by atoms with E-state index < -0.39 is 0 Å². The predicted molar refractivity (Wildman–Crippen MR) is 111 cm³/mol. The molecule has 1 atom stereocenters. The number of carbonyl (C=O) groups excluding carboxylic acids is 2. The third kappa shape index (κ3) is 6.12. The van der Waals surface area contributed by atoms with Gasteiger partial charge >= 0.3 is 0 Å². The SMILES string of the molecule is CCN[C@H](C)CNC(=O)c1ccsc1NC(=O)c1ccc(CC)cc1.Cl. The molecule has 3 N–H and O–H groups in total. The molecule has 0 aliphatic rings. The van der Waals surface area contributed by atoms with E-state index in [0.717, 1.165) is 13.0 Å². The number of thiophene rings is 1. The van der Waals surface area contributed by atoms with E-state index >= 15 is 0 Å². The smallest absolute Gasteiger partial charge is 0.256 e.